The molecule has 1 aromatic carbocycles. The van der Waals surface area contributed by atoms with Crippen LogP contribution in [0.3, 0.4) is 0 Å². The number of benzene rings is 1. The Morgan fingerprint density at radius 3 is 2.78 bits per heavy atom. The largest absolute Gasteiger partial charge is 0.491 e. The lowest BCUT2D eigenvalue weighted by Gasteiger charge is -2.11. The minimum Gasteiger partial charge on any atom is -0.491 e. The molecule has 1 amide bonds. The smallest absolute Gasteiger partial charge is 0.269 e. The predicted octanol–water partition coefficient (Wildman–Crippen LogP) is 4.26. The lowest BCUT2D eigenvalue weighted by molar-refractivity contribution is 0.0941. The van der Waals surface area contributed by atoms with Gasteiger partial charge in [-0.15, -0.1) is 0 Å². The number of rotatable bonds is 10. The van der Waals surface area contributed by atoms with Crippen molar-refractivity contribution >= 4 is 5.91 Å². The van der Waals surface area contributed by atoms with Crippen LogP contribution in [0.15, 0.2) is 24.3 Å². The third-order valence-corrected chi connectivity index (χ3v) is 4.44. The summed E-state index contributed by atoms with van der Waals surface area (Å²) in [7, 11) is 1.72. The number of nitrogens with one attached hydrogen (secondary N) is 1. The molecule has 5 nitrogen and oxygen atoms in total. The van der Waals surface area contributed by atoms with E-state index in [1.807, 2.05) is 6.92 Å². The second-order valence-electron chi connectivity index (χ2n) is 7.15. The molecule has 0 aliphatic carbocycles. The maximum atomic E-state index is 14.6. The normalized spacial score (nSPS) is 11.0. The number of hydrogen-bond acceptors (Lipinski definition) is 3. The number of ether oxygens (including phenoxy) is 1. The summed E-state index contributed by atoms with van der Waals surface area (Å²) in [6.45, 7) is 6.95. The quantitative estimate of drug-likeness (QED) is 0.632. The van der Waals surface area contributed by atoms with E-state index < -0.39 is 5.82 Å². The molecular formula is C21H30FN3O2. The molecule has 1 N–H and O–H groups in total. The van der Waals surface area contributed by atoms with E-state index in [2.05, 4.69) is 24.3 Å². The first-order chi connectivity index (χ1) is 12.9. The number of halogens is 1. The van der Waals surface area contributed by atoms with Crippen LogP contribution in [0, 0.1) is 11.7 Å². The summed E-state index contributed by atoms with van der Waals surface area (Å²) in [5, 5.41) is 7.01. The highest BCUT2D eigenvalue weighted by Crippen LogP contribution is 2.21. The first-order valence-electron chi connectivity index (χ1n) is 9.63. The molecule has 0 radical (unpaired) electrons. The molecule has 0 bridgehead atoms. The van der Waals surface area contributed by atoms with Crippen molar-refractivity contribution in [3.8, 4) is 5.75 Å². The van der Waals surface area contributed by atoms with E-state index in [1.54, 1.807) is 36.0 Å². The average Bonchev–Trinajstić information content (AvgIpc) is 3.02. The van der Waals surface area contributed by atoms with E-state index in [0.717, 1.165) is 31.4 Å². The Balaban J connectivity index is 1.91. The van der Waals surface area contributed by atoms with Crippen LogP contribution < -0.4 is 10.1 Å². The molecule has 1 aromatic heterocycles. The summed E-state index contributed by atoms with van der Waals surface area (Å²) in [6, 6.07) is 6.77. The van der Waals surface area contributed by atoms with E-state index in [4.69, 9.17) is 4.74 Å². The Bertz CT molecular complexity index is 756. The van der Waals surface area contributed by atoms with Crippen molar-refractivity contribution in [2.75, 3.05) is 6.61 Å². The second kappa shape index (κ2) is 10.1. The van der Waals surface area contributed by atoms with Gasteiger partial charge in [0, 0.05) is 19.2 Å². The monoisotopic (exact) mass is 375 g/mol. The first-order valence-corrected chi connectivity index (χ1v) is 9.63. The summed E-state index contributed by atoms with van der Waals surface area (Å²) >= 11 is 0. The van der Waals surface area contributed by atoms with Crippen molar-refractivity contribution in [2.45, 2.75) is 53.0 Å². The maximum Gasteiger partial charge on any atom is 0.269 e. The van der Waals surface area contributed by atoms with Crippen LogP contribution >= 0.6 is 0 Å². The highest BCUT2D eigenvalue weighted by molar-refractivity contribution is 5.92. The van der Waals surface area contributed by atoms with Crippen LogP contribution in [0.1, 0.15) is 61.8 Å². The number of carbonyl (C=O) groups excluding carboxylic acids is 1. The molecule has 0 atom stereocenters. The van der Waals surface area contributed by atoms with Gasteiger partial charge in [0.2, 0.25) is 0 Å². The van der Waals surface area contributed by atoms with E-state index in [1.165, 1.54) is 0 Å². The molecule has 0 spiro atoms. The first kappa shape index (κ1) is 20.9. The van der Waals surface area contributed by atoms with E-state index >= 15 is 0 Å². The molecule has 0 aliphatic heterocycles. The predicted molar refractivity (Wildman–Crippen MR) is 104 cm³/mol. The number of amides is 1. The molecule has 2 aromatic rings. The van der Waals surface area contributed by atoms with Gasteiger partial charge < -0.3 is 10.1 Å². The summed E-state index contributed by atoms with van der Waals surface area (Å²) in [5.41, 5.74) is 1.72. The molecule has 1 heterocycles. The van der Waals surface area contributed by atoms with Crippen LogP contribution in [0.5, 0.6) is 5.75 Å². The van der Waals surface area contributed by atoms with Gasteiger partial charge in [-0.05, 0) is 37.3 Å². The highest BCUT2D eigenvalue weighted by atomic mass is 19.1. The molecule has 0 aliphatic rings. The Hall–Kier alpha value is -2.37. The zero-order chi connectivity index (χ0) is 19.8. The fourth-order valence-electron chi connectivity index (χ4n) is 2.82. The Morgan fingerprint density at radius 2 is 2.11 bits per heavy atom. The van der Waals surface area contributed by atoms with Crippen LogP contribution in [0.25, 0.3) is 0 Å². The minimum atomic E-state index is -0.416. The van der Waals surface area contributed by atoms with Gasteiger partial charge in [0.25, 0.3) is 5.91 Å². The molecule has 0 unspecified atom stereocenters. The molecular weight excluding hydrogens is 345 g/mol. The molecule has 27 heavy (non-hydrogen) atoms. The zero-order valence-corrected chi connectivity index (χ0v) is 16.7. The second-order valence-corrected chi connectivity index (χ2v) is 7.15. The van der Waals surface area contributed by atoms with Gasteiger partial charge in [-0.3, -0.25) is 9.48 Å². The number of hydrogen-bond donors (Lipinski definition) is 1. The minimum absolute atomic E-state index is 0.0991. The van der Waals surface area contributed by atoms with Crippen molar-refractivity contribution in [3.05, 3.63) is 47.0 Å². The van der Waals surface area contributed by atoms with Crippen LogP contribution in [0.2, 0.25) is 0 Å². The van der Waals surface area contributed by atoms with Gasteiger partial charge in [-0.25, -0.2) is 4.39 Å². The van der Waals surface area contributed by atoms with Crippen molar-refractivity contribution < 1.29 is 13.9 Å². The lowest BCUT2D eigenvalue weighted by atomic mass is 10.1. The Morgan fingerprint density at radius 1 is 1.33 bits per heavy atom. The number of carbonyl (C=O) groups is 1. The molecule has 2 rings (SSSR count). The molecule has 6 heteroatoms. The molecule has 0 saturated carbocycles. The lowest BCUT2D eigenvalue weighted by Crippen LogP contribution is -2.25. The number of unbranched alkanes of at least 4 members (excludes halogenated alkanes) is 1. The Kier molecular flexibility index (Phi) is 7.82. The van der Waals surface area contributed by atoms with E-state index in [9.17, 15) is 9.18 Å². The number of aromatic nitrogens is 2. The molecule has 0 saturated heterocycles. The fourth-order valence-corrected chi connectivity index (χ4v) is 2.82. The van der Waals surface area contributed by atoms with Gasteiger partial charge in [0.15, 0.2) is 11.6 Å². The van der Waals surface area contributed by atoms with Crippen molar-refractivity contribution in [1.82, 2.24) is 15.1 Å². The van der Waals surface area contributed by atoms with E-state index in [-0.39, 0.29) is 18.2 Å². The van der Waals surface area contributed by atoms with Crippen LogP contribution in [-0.2, 0) is 20.0 Å². The van der Waals surface area contributed by atoms with Crippen LogP contribution in [-0.4, -0.2) is 22.3 Å². The zero-order valence-electron chi connectivity index (χ0n) is 16.7. The maximum absolute atomic E-state index is 14.6. The van der Waals surface area contributed by atoms with Crippen molar-refractivity contribution in [3.63, 3.8) is 0 Å². The topological polar surface area (TPSA) is 56.1 Å². The summed E-state index contributed by atoms with van der Waals surface area (Å²) < 4.78 is 21.7. The van der Waals surface area contributed by atoms with Crippen molar-refractivity contribution in [1.29, 1.82) is 0 Å². The van der Waals surface area contributed by atoms with Gasteiger partial charge in [0.1, 0.15) is 5.69 Å². The van der Waals surface area contributed by atoms with Gasteiger partial charge in [-0.2, -0.15) is 5.10 Å². The van der Waals surface area contributed by atoms with E-state index in [0.29, 0.717) is 23.8 Å². The van der Waals surface area contributed by atoms with Crippen LogP contribution in [0.4, 0.5) is 4.39 Å². The molecule has 148 valence electrons. The SMILES string of the molecule is CCc1cc(C(=O)NCc2cccc(OCCCCC(C)C)c2F)n(C)n1. The van der Waals surface area contributed by atoms with Gasteiger partial charge in [-0.1, -0.05) is 39.3 Å². The summed E-state index contributed by atoms with van der Waals surface area (Å²) in [5.74, 6) is 0.214. The highest BCUT2D eigenvalue weighted by Gasteiger charge is 2.14. The van der Waals surface area contributed by atoms with Crippen molar-refractivity contribution in [2.24, 2.45) is 13.0 Å². The number of nitrogens with zero attached hydrogens (tertiary/aromatic N) is 2. The fraction of sp³-hybridized carbons (Fsp3) is 0.524. The Labute approximate surface area is 160 Å². The molecule has 0 fully saturated rings. The third-order valence-electron chi connectivity index (χ3n) is 4.44. The van der Waals surface area contributed by atoms with Gasteiger partial charge >= 0.3 is 0 Å². The standard InChI is InChI=1S/C21H30FN3O2/c1-5-17-13-18(25(4)24-17)21(26)23-14-16-10-8-11-19(20(16)22)27-12-7-6-9-15(2)3/h8,10-11,13,15H,5-7,9,12,14H2,1-4H3,(H,23,26). The summed E-state index contributed by atoms with van der Waals surface area (Å²) in [4.78, 5) is 12.3. The van der Waals surface area contributed by atoms with Gasteiger partial charge in [0.05, 0.1) is 12.3 Å². The third kappa shape index (κ3) is 6.08. The average molecular weight is 375 g/mol. The number of aryl methyl sites for hydroxylation is 2. The summed E-state index contributed by atoms with van der Waals surface area (Å²) in [6.07, 6.45) is 3.87.